The predicted octanol–water partition coefficient (Wildman–Crippen LogP) is 7.07. The molecule has 0 aliphatic carbocycles. The molecule has 0 bridgehead atoms. The van der Waals surface area contributed by atoms with Gasteiger partial charge in [-0.25, -0.2) is 0 Å². The van der Waals surface area contributed by atoms with Gasteiger partial charge in [0.05, 0.1) is 0 Å². The first kappa shape index (κ1) is 22.7. The lowest BCUT2D eigenvalue weighted by Crippen LogP contribution is -2.20. The molecule has 0 amide bonds. The fraction of sp³-hybridized carbons (Fsp3) is 0.250. The van der Waals surface area contributed by atoms with Crippen LogP contribution in [0.3, 0.4) is 0 Å². The molecule has 182 valence electrons. The lowest BCUT2D eigenvalue weighted by molar-refractivity contribution is 0.675. The number of fused-ring (bicyclic) bond motifs is 3. The first-order valence-electron chi connectivity index (χ1n) is 13.3. The molecular weight excluding hydrogens is 440 g/mol. The van der Waals surface area contributed by atoms with Crippen molar-refractivity contribution in [2.45, 2.75) is 38.5 Å². The van der Waals surface area contributed by atoms with Crippen LogP contribution in [0.1, 0.15) is 35.4 Å². The van der Waals surface area contributed by atoms with Crippen molar-refractivity contribution in [3.8, 4) is 0 Å². The molecule has 0 saturated heterocycles. The SMILES string of the molecule is c1ccc2[nH]c(CCCCc3[nH]c4ccccc4c3CCNCCc3c[nH]c4ccccc34)cc2c1. The zero-order valence-electron chi connectivity index (χ0n) is 20.7. The summed E-state index contributed by atoms with van der Waals surface area (Å²) in [6.07, 6.45) is 8.81. The van der Waals surface area contributed by atoms with Crippen LogP contribution in [0.2, 0.25) is 0 Å². The highest BCUT2D eigenvalue weighted by Crippen LogP contribution is 2.25. The van der Waals surface area contributed by atoms with Crippen LogP contribution < -0.4 is 5.32 Å². The third kappa shape index (κ3) is 4.82. The number of hydrogen-bond donors (Lipinski definition) is 4. The maximum absolute atomic E-state index is 3.73. The quantitative estimate of drug-likeness (QED) is 0.149. The van der Waals surface area contributed by atoms with Gasteiger partial charge in [-0.15, -0.1) is 0 Å². The second-order valence-corrected chi connectivity index (χ2v) is 9.83. The molecule has 0 aliphatic heterocycles. The molecule has 4 nitrogen and oxygen atoms in total. The third-order valence-corrected chi connectivity index (χ3v) is 7.41. The van der Waals surface area contributed by atoms with Gasteiger partial charge in [0, 0.05) is 44.9 Å². The van der Waals surface area contributed by atoms with E-state index in [1.807, 2.05) is 0 Å². The van der Waals surface area contributed by atoms with Crippen LogP contribution >= 0.6 is 0 Å². The van der Waals surface area contributed by atoms with E-state index in [4.69, 9.17) is 0 Å². The molecule has 3 aromatic carbocycles. The van der Waals surface area contributed by atoms with Crippen LogP contribution in [-0.2, 0) is 25.7 Å². The Morgan fingerprint density at radius 3 is 2.22 bits per heavy atom. The minimum atomic E-state index is 0.990. The number of para-hydroxylation sites is 3. The molecule has 0 fully saturated rings. The average molecular weight is 475 g/mol. The first-order chi connectivity index (χ1) is 17.8. The summed E-state index contributed by atoms with van der Waals surface area (Å²) in [5.41, 5.74) is 9.34. The fourth-order valence-electron chi connectivity index (χ4n) is 5.54. The second kappa shape index (κ2) is 10.5. The first-order valence-corrected chi connectivity index (χ1v) is 13.3. The van der Waals surface area contributed by atoms with E-state index in [1.165, 1.54) is 68.1 Å². The van der Waals surface area contributed by atoms with E-state index in [0.29, 0.717) is 0 Å². The maximum Gasteiger partial charge on any atom is 0.0458 e. The summed E-state index contributed by atoms with van der Waals surface area (Å²) >= 11 is 0. The number of rotatable bonds is 11. The van der Waals surface area contributed by atoms with Crippen LogP contribution in [0.25, 0.3) is 32.7 Å². The Bertz CT molecular complexity index is 1550. The van der Waals surface area contributed by atoms with Crippen molar-refractivity contribution < 1.29 is 0 Å². The van der Waals surface area contributed by atoms with E-state index in [1.54, 1.807) is 0 Å². The molecule has 3 heterocycles. The van der Waals surface area contributed by atoms with E-state index in [-0.39, 0.29) is 0 Å². The fourth-order valence-corrected chi connectivity index (χ4v) is 5.54. The Kier molecular flexibility index (Phi) is 6.60. The Morgan fingerprint density at radius 2 is 1.33 bits per heavy atom. The summed E-state index contributed by atoms with van der Waals surface area (Å²) in [6.45, 7) is 1.98. The van der Waals surface area contributed by atoms with Gasteiger partial charge in [0.15, 0.2) is 0 Å². The number of aromatic nitrogens is 3. The lowest BCUT2D eigenvalue weighted by Gasteiger charge is -2.07. The molecule has 0 atom stereocenters. The van der Waals surface area contributed by atoms with E-state index >= 15 is 0 Å². The van der Waals surface area contributed by atoms with E-state index in [0.717, 1.165) is 38.8 Å². The number of H-pyrrole nitrogens is 3. The van der Waals surface area contributed by atoms with Gasteiger partial charge in [0.1, 0.15) is 0 Å². The van der Waals surface area contributed by atoms with Gasteiger partial charge in [0.2, 0.25) is 0 Å². The number of aryl methyl sites for hydroxylation is 2. The smallest absolute Gasteiger partial charge is 0.0458 e. The normalized spacial score (nSPS) is 11.8. The van der Waals surface area contributed by atoms with E-state index in [2.05, 4.69) is 105 Å². The minimum absolute atomic E-state index is 0.990. The summed E-state index contributed by atoms with van der Waals surface area (Å²) in [7, 11) is 0. The van der Waals surface area contributed by atoms with Crippen LogP contribution in [0.5, 0.6) is 0 Å². The Labute approximate surface area is 212 Å². The molecule has 0 unspecified atom stereocenters. The molecule has 36 heavy (non-hydrogen) atoms. The van der Waals surface area contributed by atoms with Crippen molar-refractivity contribution in [1.29, 1.82) is 0 Å². The zero-order valence-corrected chi connectivity index (χ0v) is 20.7. The molecule has 4 heteroatoms. The molecule has 0 spiro atoms. The molecule has 6 rings (SSSR count). The summed E-state index contributed by atoms with van der Waals surface area (Å²) < 4.78 is 0. The number of hydrogen-bond acceptors (Lipinski definition) is 1. The Morgan fingerprint density at radius 1 is 0.611 bits per heavy atom. The largest absolute Gasteiger partial charge is 0.361 e. The van der Waals surface area contributed by atoms with Gasteiger partial charge in [-0.1, -0.05) is 54.6 Å². The van der Waals surface area contributed by atoms with E-state index < -0.39 is 0 Å². The second-order valence-electron chi connectivity index (χ2n) is 9.83. The van der Waals surface area contributed by atoms with Gasteiger partial charge >= 0.3 is 0 Å². The highest BCUT2D eigenvalue weighted by Gasteiger charge is 2.11. The van der Waals surface area contributed by atoms with Crippen LogP contribution in [0.4, 0.5) is 0 Å². The monoisotopic (exact) mass is 474 g/mol. The minimum Gasteiger partial charge on any atom is -0.361 e. The van der Waals surface area contributed by atoms with Crippen molar-refractivity contribution >= 4 is 32.7 Å². The molecule has 3 aromatic heterocycles. The standard InChI is InChI=1S/C32H34N4/c1-5-13-29-23(9-1)21-25(35-29)10-2-6-15-32-28(27-12-4-8-16-31(27)36-32)18-20-33-19-17-24-22-34-30-14-7-3-11-26(24)30/h1,3-5,7-9,11-14,16,21-22,33-36H,2,6,10,15,17-20H2. The molecule has 0 radical (unpaired) electrons. The lowest BCUT2D eigenvalue weighted by atomic mass is 10.0. The molecule has 0 saturated carbocycles. The van der Waals surface area contributed by atoms with Crippen molar-refractivity contribution in [2.24, 2.45) is 0 Å². The van der Waals surface area contributed by atoms with Crippen molar-refractivity contribution in [3.05, 3.63) is 108 Å². The van der Waals surface area contributed by atoms with Gasteiger partial charge in [0.25, 0.3) is 0 Å². The third-order valence-electron chi connectivity index (χ3n) is 7.41. The summed E-state index contributed by atoms with van der Waals surface area (Å²) in [6, 6.07) is 28.1. The van der Waals surface area contributed by atoms with Crippen molar-refractivity contribution in [2.75, 3.05) is 13.1 Å². The van der Waals surface area contributed by atoms with Gasteiger partial charge in [-0.3, -0.25) is 0 Å². The highest BCUT2D eigenvalue weighted by atomic mass is 14.8. The van der Waals surface area contributed by atoms with Gasteiger partial charge in [-0.05, 0) is 92.4 Å². The Hall–Kier alpha value is -3.76. The van der Waals surface area contributed by atoms with Crippen molar-refractivity contribution in [1.82, 2.24) is 20.3 Å². The number of benzene rings is 3. The van der Waals surface area contributed by atoms with Crippen LogP contribution in [0, 0.1) is 0 Å². The molecule has 6 aromatic rings. The van der Waals surface area contributed by atoms with Gasteiger partial charge in [-0.2, -0.15) is 0 Å². The topological polar surface area (TPSA) is 59.4 Å². The molecule has 4 N–H and O–H groups in total. The molecule has 0 aliphatic rings. The molecular formula is C32H34N4. The summed E-state index contributed by atoms with van der Waals surface area (Å²) in [5, 5.41) is 7.71. The summed E-state index contributed by atoms with van der Waals surface area (Å²) in [5.74, 6) is 0. The van der Waals surface area contributed by atoms with Crippen molar-refractivity contribution in [3.63, 3.8) is 0 Å². The zero-order chi connectivity index (χ0) is 24.2. The van der Waals surface area contributed by atoms with E-state index in [9.17, 15) is 0 Å². The summed E-state index contributed by atoms with van der Waals surface area (Å²) in [4.78, 5) is 10.7. The number of unbranched alkanes of at least 4 members (excludes halogenated alkanes) is 1. The predicted molar refractivity (Wildman–Crippen MR) is 152 cm³/mol. The Balaban J connectivity index is 1.04. The van der Waals surface area contributed by atoms with Gasteiger partial charge < -0.3 is 20.3 Å². The highest BCUT2D eigenvalue weighted by molar-refractivity contribution is 5.85. The number of nitrogens with one attached hydrogen (secondary N) is 4. The number of aromatic amines is 3. The van der Waals surface area contributed by atoms with Crippen LogP contribution in [0.15, 0.2) is 85.1 Å². The average Bonchev–Trinajstić information content (AvgIpc) is 3.61. The van der Waals surface area contributed by atoms with Crippen LogP contribution in [-0.4, -0.2) is 28.0 Å². The maximum atomic E-state index is 3.73.